The van der Waals surface area contributed by atoms with Crippen molar-refractivity contribution >= 4 is 270 Å². The Morgan fingerprint density at radius 1 is 0.313 bits per heavy atom. The summed E-state index contributed by atoms with van der Waals surface area (Å²) in [5.41, 5.74) is 8.35. The summed E-state index contributed by atoms with van der Waals surface area (Å²) in [6, 6.07) is 73.6. The first-order chi connectivity index (χ1) is 55.9. The quantitative estimate of drug-likeness (QED) is 0.0263. The number of carboxylic acids is 4. The molecular weight excluding hydrogens is 1670 g/mol. The van der Waals surface area contributed by atoms with E-state index in [1.165, 1.54) is 86.3 Å². The van der Waals surface area contributed by atoms with Crippen LogP contribution in [0, 0.1) is 45.3 Å². The first kappa shape index (κ1) is 77.5. The maximum Gasteiger partial charge on any atom is 0.346 e. The van der Waals surface area contributed by atoms with Crippen molar-refractivity contribution in [3.63, 3.8) is 0 Å². The molecule has 0 saturated heterocycles. The minimum atomic E-state index is -1.27. The van der Waals surface area contributed by atoms with Gasteiger partial charge in [0.15, 0.2) is 0 Å². The third-order valence-electron chi connectivity index (χ3n) is 18.6. The zero-order chi connectivity index (χ0) is 79.7. The van der Waals surface area contributed by atoms with Crippen LogP contribution < -0.4 is 14.7 Å². The van der Waals surface area contributed by atoms with Gasteiger partial charge in [-0.3, -0.25) is 9.80 Å². The molecule has 16 aromatic rings. The minimum absolute atomic E-state index is 0.327. The van der Waals surface area contributed by atoms with Crippen molar-refractivity contribution in [2.24, 2.45) is 0 Å². The Morgan fingerprint density at radius 3 is 0.870 bits per heavy atom. The topological polar surface area (TPSA) is 254 Å². The van der Waals surface area contributed by atoms with Gasteiger partial charge in [-0.25, -0.2) is 19.2 Å². The minimum Gasteiger partial charge on any atom is -0.477 e. The summed E-state index contributed by atoms with van der Waals surface area (Å²) in [5, 5.41) is 80.3. The average molecular weight is 1730 g/mol. The Balaban J connectivity index is 0.784. The molecule has 0 unspecified atom stereocenters. The molecule has 4 aromatic carbocycles. The predicted molar refractivity (Wildman–Crippen MR) is 484 cm³/mol. The van der Waals surface area contributed by atoms with E-state index in [1.54, 1.807) is 115 Å². The predicted octanol–water partition coefficient (Wildman–Crippen LogP) is 28.4. The fourth-order valence-corrected chi connectivity index (χ4v) is 27.2. The number of hydrogen-bond donors (Lipinski definition) is 4. The fourth-order valence-electron chi connectivity index (χ4n) is 13.1. The van der Waals surface area contributed by atoms with Crippen LogP contribution in [0.5, 0.6) is 0 Å². The number of anilines is 9. The summed E-state index contributed by atoms with van der Waals surface area (Å²) in [5.74, 6) is -5.09. The molecule has 564 valence electrons. The van der Waals surface area contributed by atoms with Crippen LogP contribution in [0.4, 0.5) is 48.4 Å². The molecule has 16 rings (SSSR count). The molecule has 0 saturated carbocycles. The summed E-state index contributed by atoms with van der Waals surface area (Å²) in [6.07, 6.45) is 12.1. The van der Waals surface area contributed by atoms with Crippen molar-refractivity contribution in [1.82, 2.24) is 0 Å². The number of fused-ring (bicyclic) bond motifs is 4. The lowest BCUT2D eigenvalue weighted by Gasteiger charge is -2.28. The first-order valence-electron chi connectivity index (χ1n) is 35.7. The van der Waals surface area contributed by atoms with E-state index in [1.807, 2.05) is 24.3 Å². The molecule has 0 radical (unpaired) electrons. The lowest BCUT2D eigenvalue weighted by Crippen LogP contribution is -2.12. The van der Waals surface area contributed by atoms with E-state index in [4.69, 9.17) is 0 Å². The number of rotatable bonds is 28. The van der Waals surface area contributed by atoms with Crippen LogP contribution in [-0.2, 0) is 32.0 Å². The molecule has 0 fully saturated rings. The highest BCUT2D eigenvalue weighted by molar-refractivity contribution is 7.35. The number of hydrogen-bond acceptors (Lipinski definition) is 23. The van der Waals surface area contributed by atoms with E-state index < -0.39 is 23.9 Å². The second-order valence-corrected chi connectivity index (χ2v) is 39.2. The first-order valence-corrected chi connectivity index (χ1v) is 45.5. The van der Waals surface area contributed by atoms with E-state index in [2.05, 4.69) is 192 Å². The molecule has 0 bridgehead atoms. The Hall–Kier alpha value is -11.5. The molecule has 27 heteroatoms. The second-order valence-electron chi connectivity index (χ2n) is 26.2. The number of nitriles is 4. The standard InChI is InChI=1S/C88H57N7O8S12/c1-3-5-7-48-9-22-64(50(31-48)8-6-4-2)49-10-12-55(13-11-49)93(56-14-18-58(19-15-56)94(81-27-23-65(112-81)73-40-77-69(108-73)36-60(104-77)32-51(44-89)85(96)97)82-28-24-66(113-82)74-41-78-70(109-74)37-61(105-78)33-52(45-90)86(98)99)57-16-20-59(21-17-57)95(83-29-25-67(114-83)75-42-79-71(110-75)38-62(106-79)34-53(46-91)87(100)101)84-30-26-68(115-84)76-43-80-72(111-76)39-63(107-80)35-54(47-92)88(102)103/h9-43H,3-8H2,1-2H3,(H,96,97)(H,98,99)(H,100,101)(H,102,103). The number of aryl methyl sites for hydroxylation is 2. The number of benzene rings is 4. The highest BCUT2D eigenvalue weighted by Crippen LogP contribution is 2.54. The highest BCUT2D eigenvalue weighted by Gasteiger charge is 2.26. The Bertz CT molecular complexity index is 6030. The van der Waals surface area contributed by atoms with E-state index in [0.29, 0.717) is 19.5 Å². The van der Waals surface area contributed by atoms with E-state index in [-0.39, 0.29) is 22.3 Å². The van der Waals surface area contributed by atoms with Crippen LogP contribution in [0.3, 0.4) is 0 Å². The van der Waals surface area contributed by atoms with Crippen molar-refractivity contribution in [2.75, 3.05) is 14.7 Å². The molecule has 12 aromatic heterocycles. The molecule has 0 aliphatic heterocycles. The maximum absolute atomic E-state index is 11.7. The third kappa shape index (κ3) is 16.4. The van der Waals surface area contributed by atoms with Gasteiger partial charge in [0.05, 0.1) is 0 Å². The van der Waals surface area contributed by atoms with Gasteiger partial charge >= 0.3 is 23.9 Å². The van der Waals surface area contributed by atoms with Crippen LogP contribution in [0.25, 0.3) is 112 Å². The SMILES string of the molecule is CCCCc1ccc(-c2ccc(N(c3ccc(N(c4ccc(-c5cc6sc(C=C(C#N)C(=O)O)cc6s5)s4)c4ccc(-c5cc6sc(C=C(C#N)C(=O)O)cc6s5)s4)cc3)c3ccc(N(c4ccc(-c5cc6sc(C=C(C#N)C(=O)O)cc6s5)s4)c4ccc(-c5cc6sc(C=C(C#N)C(=O)O)cc6s5)s4)cc3)cc2)c(CCCC)c1. The average Bonchev–Trinajstić information content (AvgIpc) is 1.67. The van der Waals surface area contributed by atoms with Crippen molar-refractivity contribution < 1.29 is 39.6 Å². The summed E-state index contributed by atoms with van der Waals surface area (Å²) in [6.45, 7) is 4.47. The van der Waals surface area contributed by atoms with Gasteiger partial charge in [0.25, 0.3) is 0 Å². The monoisotopic (exact) mass is 1720 g/mol. The summed E-state index contributed by atoms with van der Waals surface area (Å²) in [7, 11) is 0. The van der Waals surface area contributed by atoms with Crippen molar-refractivity contribution in [3.8, 4) is 74.4 Å². The number of carboxylic acid groups (broad SMARTS) is 4. The van der Waals surface area contributed by atoms with Gasteiger partial charge in [-0.2, -0.15) is 21.0 Å². The van der Waals surface area contributed by atoms with Gasteiger partial charge < -0.3 is 25.3 Å². The fraction of sp³-hybridized carbons (Fsp3) is 0.0909. The van der Waals surface area contributed by atoms with Gasteiger partial charge in [0.2, 0.25) is 0 Å². The number of nitrogens with zero attached hydrogens (tertiary/aromatic N) is 7. The Kier molecular flexibility index (Phi) is 22.6. The summed E-state index contributed by atoms with van der Waals surface area (Å²) >= 11 is 18.8. The molecule has 115 heavy (non-hydrogen) atoms. The normalized spacial score (nSPS) is 12.1. The number of thiophene rings is 12. The van der Waals surface area contributed by atoms with E-state index >= 15 is 0 Å². The van der Waals surface area contributed by atoms with Gasteiger partial charge in [0.1, 0.15) is 66.6 Å². The lowest BCUT2D eigenvalue weighted by atomic mass is 9.93. The zero-order valence-electron chi connectivity index (χ0n) is 60.4. The summed E-state index contributed by atoms with van der Waals surface area (Å²) < 4.78 is 7.88. The van der Waals surface area contributed by atoms with Crippen molar-refractivity contribution in [2.45, 2.75) is 52.4 Å². The van der Waals surface area contributed by atoms with Gasteiger partial charge in [-0.15, -0.1) is 136 Å². The van der Waals surface area contributed by atoms with Crippen LogP contribution in [0.2, 0.25) is 0 Å². The number of unbranched alkanes of at least 4 members (excludes halogenated alkanes) is 2. The zero-order valence-corrected chi connectivity index (χ0v) is 70.2. The van der Waals surface area contributed by atoms with Crippen LogP contribution in [0.15, 0.2) is 210 Å². The second kappa shape index (κ2) is 33.5. The lowest BCUT2D eigenvalue weighted by molar-refractivity contribution is -0.133. The Labute approximate surface area is 706 Å². The largest absolute Gasteiger partial charge is 0.477 e. The molecule has 0 amide bonds. The van der Waals surface area contributed by atoms with Crippen LogP contribution in [0.1, 0.15) is 70.2 Å². The molecule has 12 heterocycles. The van der Waals surface area contributed by atoms with Crippen LogP contribution >= 0.6 is 136 Å². The molecular formula is C88H57N7O8S12. The van der Waals surface area contributed by atoms with Crippen molar-refractivity contribution in [1.29, 1.82) is 21.0 Å². The molecule has 0 atom stereocenters. The van der Waals surface area contributed by atoms with Gasteiger partial charge in [-0.1, -0.05) is 57.0 Å². The molecule has 0 aliphatic rings. The van der Waals surface area contributed by atoms with Crippen LogP contribution in [-0.4, -0.2) is 44.3 Å². The van der Waals surface area contributed by atoms with Gasteiger partial charge in [0, 0.05) is 125 Å². The molecule has 4 N–H and O–H groups in total. The smallest absolute Gasteiger partial charge is 0.346 e. The molecule has 0 spiro atoms. The summed E-state index contributed by atoms with van der Waals surface area (Å²) in [4.78, 5) is 65.0. The van der Waals surface area contributed by atoms with E-state index in [9.17, 15) is 60.7 Å². The van der Waals surface area contributed by atoms with E-state index in [0.717, 1.165) is 169 Å². The number of carbonyl (C=O) groups is 4. The van der Waals surface area contributed by atoms with Crippen molar-refractivity contribution in [3.05, 3.63) is 241 Å². The maximum atomic E-state index is 11.7. The highest BCUT2D eigenvalue weighted by atomic mass is 32.1. The molecule has 0 aliphatic carbocycles. The van der Waals surface area contributed by atoms with Gasteiger partial charge in [-0.05, 0) is 230 Å². The third-order valence-corrected chi connectivity index (χ3v) is 32.7. The Morgan fingerprint density at radius 2 is 0.591 bits per heavy atom. The molecule has 15 nitrogen and oxygen atoms in total. The number of aliphatic carboxylic acids is 4.